The summed E-state index contributed by atoms with van der Waals surface area (Å²) in [6, 6.07) is 5.27. The lowest BCUT2D eigenvalue weighted by Gasteiger charge is -2.31. The van der Waals surface area contributed by atoms with E-state index in [4.69, 9.17) is 26.8 Å². The van der Waals surface area contributed by atoms with E-state index < -0.39 is 0 Å². The van der Waals surface area contributed by atoms with Crippen LogP contribution in [0.3, 0.4) is 0 Å². The molecule has 9 heteroatoms. The molecule has 28 heavy (non-hydrogen) atoms. The second-order valence-electron chi connectivity index (χ2n) is 7.28. The average Bonchev–Trinajstić information content (AvgIpc) is 3.48. The zero-order chi connectivity index (χ0) is 19.3. The molecule has 2 aliphatic heterocycles. The minimum atomic E-state index is -0.207. The van der Waals surface area contributed by atoms with E-state index in [9.17, 15) is 4.79 Å². The van der Waals surface area contributed by atoms with Crippen molar-refractivity contribution in [2.75, 3.05) is 30.4 Å². The van der Waals surface area contributed by atoms with E-state index in [0.717, 1.165) is 31.4 Å². The van der Waals surface area contributed by atoms with Gasteiger partial charge >= 0.3 is 0 Å². The number of ether oxygens (including phenoxy) is 2. The van der Waals surface area contributed by atoms with Crippen molar-refractivity contribution in [1.82, 2.24) is 15.3 Å². The lowest BCUT2D eigenvalue weighted by atomic mass is 10.0. The molecule has 8 nitrogen and oxygen atoms in total. The Morgan fingerprint density at radius 2 is 2.14 bits per heavy atom. The predicted molar refractivity (Wildman–Crippen MR) is 104 cm³/mol. The highest BCUT2D eigenvalue weighted by Gasteiger charge is 2.32. The minimum Gasteiger partial charge on any atom is -0.438 e. The van der Waals surface area contributed by atoms with Crippen molar-refractivity contribution >= 4 is 29.3 Å². The zero-order valence-corrected chi connectivity index (χ0v) is 15.9. The van der Waals surface area contributed by atoms with Crippen molar-refractivity contribution in [3.05, 3.63) is 34.3 Å². The number of amides is 1. The lowest BCUT2D eigenvalue weighted by molar-refractivity contribution is 0.0948. The number of fused-ring (bicyclic) bond motifs is 7. The fourth-order valence-corrected chi connectivity index (χ4v) is 3.92. The van der Waals surface area contributed by atoms with Crippen LogP contribution in [0.4, 0.5) is 11.8 Å². The van der Waals surface area contributed by atoms with Crippen LogP contribution >= 0.6 is 11.6 Å². The summed E-state index contributed by atoms with van der Waals surface area (Å²) in [6.07, 6.45) is 2.84. The number of carbonyl (C=O) groups excluding carboxylic acids is 1. The molecular weight excluding hydrogens is 382 g/mol. The number of aromatic nitrogens is 2. The van der Waals surface area contributed by atoms with Crippen molar-refractivity contribution in [2.45, 2.75) is 31.3 Å². The van der Waals surface area contributed by atoms with Crippen molar-refractivity contribution in [3.8, 4) is 11.6 Å². The largest absolute Gasteiger partial charge is 0.438 e. The van der Waals surface area contributed by atoms with E-state index in [-0.39, 0.29) is 23.9 Å². The van der Waals surface area contributed by atoms with E-state index in [1.165, 1.54) is 0 Å². The van der Waals surface area contributed by atoms with Crippen LogP contribution < -0.4 is 20.7 Å². The number of carbonyl (C=O) groups is 1. The highest BCUT2D eigenvalue weighted by molar-refractivity contribution is 6.32. The zero-order valence-electron chi connectivity index (χ0n) is 15.2. The van der Waals surface area contributed by atoms with Gasteiger partial charge in [-0.15, -0.1) is 0 Å². The number of nitrogens with one attached hydrogen (secondary N) is 1. The van der Waals surface area contributed by atoms with E-state index >= 15 is 0 Å². The summed E-state index contributed by atoms with van der Waals surface area (Å²) in [6.45, 7) is 1.84. The van der Waals surface area contributed by atoms with Crippen LogP contribution in [-0.4, -0.2) is 41.7 Å². The Morgan fingerprint density at radius 1 is 1.29 bits per heavy atom. The first kappa shape index (κ1) is 17.5. The second kappa shape index (κ2) is 6.79. The van der Waals surface area contributed by atoms with Crippen molar-refractivity contribution < 1.29 is 14.3 Å². The molecule has 0 radical (unpaired) electrons. The van der Waals surface area contributed by atoms with Gasteiger partial charge in [-0.25, -0.2) is 0 Å². The Bertz CT molecular complexity index is 949. The molecule has 0 unspecified atom stereocenters. The first-order valence-electron chi connectivity index (χ1n) is 9.39. The van der Waals surface area contributed by atoms with Crippen LogP contribution in [0, 0.1) is 0 Å². The quantitative estimate of drug-likeness (QED) is 0.797. The van der Waals surface area contributed by atoms with Crippen LogP contribution in [0.1, 0.15) is 41.2 Å². The first-order chi connectivity index (χ1) is 13.6. The summed E-state index contributed by atoms with van der Waals surface area (Å²) in [4.78, 5) is 23.4. The molecule has 2 aromatic rings. The number of hydrogen-bond donors (Lipinski definition) is 2. The Balaban J connectivity index is 1.66. The third-order valence-corrected chi connectivity index (χ3v) is 5.50. The topological polar surface area (TPSA) is 103 Å². The summed E-state index contributed by atoms with van der Waals surface area (Å²) < 4.78 is 11.8. The van der Waals surface area contributed by atoms with E-state index in [2.05, 4.69) is 20.2 Å². The molecular formula is C19H20ClN5O3. The number of nitrogens with two attached hydrogens (primary N) is 1. The maximum absolute atomic E-state index is 12.7. The van der Waals surface area contributed by atoms with Gasteiger partial charge in [0.05, 0.1) is 18.2 Å². The van der Waals surface area contributed by atoms with Gasteiger partial charge in [-0.2, -0.15) is 9.97 Å². The van der Waals surface area contributed by atoms with Gasteiger partial charge in [0, 0.05) is 30.3 Å². The third kappa shape index (κ3) is 3.22. The second-order valence-corrected chi connectivity index (χ2v) is 7.69. The SMILES string of the molecule is Nc1nc2cc(n1)N1CCCOC[C@H]1c1cc(c(C(=O)NC3CC3)cc1Cl)O2. The molecule has 1 aromatic heterocycles. The average molecular weight is 402 g/mol. The summed E-state index contributed by atoms with van der Waals surface area (Å²) in [7, 11) is 0. The summed E-state index contributed by atoms with van der Waals surface area (Å²) in [5.74, 6) is 1.25. The van der Waals surface area contributed by atoms with Gasteiger partial charge in [0.25, 0.3) is 5.91 Å². The molecule has 1 aromatic carbocycles. The maximum atomic E-state index is 12.7. The first-order valence-corrected chi connectivity index (χ1v) is 9.77. The van der Waals surface area contributed by atoms with Gasteiger partial charge in [-0.05, 0) is 37.0 Å². The Hall–Kier alpha value is -2.58. The fourth-order valence-electron chi connectivity index (χ4n) is 3.63. The molecule has 1 amide bonds. The van der Waals surface area contributed by atoms with Crippen LogP contribution in [0.2, 0.25) is 5.02 Å². The number of hydrogen-bond acceptors (Lipinski definition) is 7. The smallest absolute Gasteiger partial charge is 0.255 e. The molecule has 4 bridgehead atoms. The third-order valence-electron chi connectivity index (χ3n) is 5.17. The number of nitrogens with zero attached hydrogens (tertiary/aromatic N) is 3. The summed E-state index contributed by atoms with van der Waals surface area (Å²) in [5, 5.41) is 3.47. The van der Waals surface area contributed by atoms with Gasteiger partial charge in [0.15, 0.2) is 0 Å². The Labute approximate surface area is 167 Å². The molecule has 2 fully saturated rings. The Kier molecular flexibility index (Phi) is 4.25. The molecule has 5 rings (SSSR count). The normalized spacial score (nSPS) is 20.8. The van der Waals surface area contributed by atoms with E-state index in [0.29, 0.717) is 41.2 Å². The number of benzene rings is 1. The lowest BCUT2D eigenvalue weighted by Crippen LogP contribution is -2.31. The molecule has 3 N–H and O–H groups in total. The van der Waals surface area contributed by atoms with Gasteiger partial charge in [0.2, 0.25) is 11.8 Å². The van der Waals surface area contributed by atoms with Gasteiger partial charge in [0.1, 0.15) is 11.6 Å². The number of halogens is 1. The summed E-state index contributed by atoms with van der Waals surface area (Å²) in [5.41, 5.74) is 7.12. The molecule has 146 valence electrons. The van der Waals surface area contributed by atoms with Crippen LogP contribution in [0.25, 0.3) is 0 Å². The highest BCUT2D eigenvalue weighted by Crippen LogP contribution is 2.40. The van der Waals surface area contributed by atoms with Crippen molar-refractivity contribution in [2.24, 2.45) is 0 Å². The molecule has 1 saturated heterocycles. The minimum absolute atomic E-state index is 0.113. The molecule has 0 spiro atoms. The number of anilines is 2. The Morgan fingerprint density at radius 3 is 2.96 bits per heavy atom. The van der Waals surface area contributed by atoms with E-state index in [1.807, 2.05) is 6.07 Å². The number of rotatable bonds is 2. The van der Waals surface area contributed by atoms with Crippen molar-refractivity contribution in [3.63, 3.8) is 0 Å². The monoisotopic (exact) mass is 401 g/mol. The van der Waals surface area contributed by atoms with Gasteiger partial charge < -0.3 is 25.4 Å². The van der Waals surface area contributed by atoms with E-state index in [1.54, 1.807) is 12.1 Å². The number of nitrogen functional groups attached to an aromatic ring is 1. The van der Waals surface area contributed by atoms with Gasteiger partial charge in [-0.3, -0.25) is 4.79 Å². The summed E-state index contributed by atoms with van der Waals surface area (Å²) >= 11 is 6.63. The maximum Gasteiger partial charge on any atom is 0.255 e. The predicted octanol–water partition coefficient (Wildman–Crippen LogP) is 2.68. The molecule has 3 aliphatic rings. The van der Waals surface area contributed by atoms with Crippen LogP contribution in [-0.2, 0) is 4.74 Å². The molecule has 1 atom stereocenters. The van der Waals surface area contributed by atoms with Crippen LogP contribution in [0.5, 0.6) is 11.6 Å². The standard InChI is InChI=1S/C19H20ClN5O3/c20-13-6-12(18(26)22-10-2-3-10)15-7-11(13)14-9-27-5-1-4-25(14)16-8-17(28-15)24-19(21)23-16/h6-8,10,14H,1-5,9H2,(H,22,26)(H2,21,23,24)/t14-/m0/s1. The molecule has 3 heterocycles. The highest BCUT2D eigenvalue weighted by atomic mass is 35.5. The fraction of sp³-hybridized carbons (Fsp3) is 0.421. The van der Waals surface area contributed by atoms with Crippen molar-refractivity contribution in [1.29, 1.82) is 0 Å². The van der Waals surface area contributed by atoms with Gasteiger partial charge in [-0.1, -0.05) is 11.6 Å². The molecule has 1 saturated carbocycles. The van der Waals surface area contributed by atoms with Crippen LogP contribution in [0.15, 0.2) is 18.2 Å². The molecule has 1 aliphatic carbocycles.